The highest BCUT2D eigenvalue weighted by Gasteiger charge is 2.35. The zero-order valence-corrected chi connectivity index (χ0v) is 16.5. The predicted octanol–water partition coefficient (Wildman–Crippen LogP) is 5.08. The summed E-state index contributed by atoms with van der Waals surface area (Å²) in [4.78, 5) is 18.3. The van der Waals surface area contributed by atoms with Crippen LogP contribution in [0, 0.1) is 0 Å². The van der Waals surface area contributed by atoms with Gasteiger partial charge in [-0.3, -0.25) is 4.79 Å². The van der Waals surface area contributed by atoms with Crippen molar-refractivity contribution in [1.82, 2.24) is 0 Å². The Morgan fingerprint density at radius 1 is 0.857 bits per heavy atom. The Labute approximate surface area is 167 Å². The minimum atomic E-state index is -0.309. The first kappa shape index (κ1) is 18.3. The highest BCUT2D eigenvalue weighted by Crippen LogP contribution is 2.38. The summed E-state index contributed by atoms with van der Waals surface area (Å²) in [5.74, 6) is -0.178. The molecule has 0 radical (unpaired) electrons. The van der Waals surface area contributed by atoms with E-state index >= 15 is 0 Å². The molecule has 0 saturated carbocycles. The Balaban J connectivity index is 1.79. The molecule has 4 rings (SSSR count). The van der Waals surface area contributed by atoms with Crippen LogP contribution in [0.25, 0.3) is 0 Å². The van der Waals surface area contributed by atoms with Gasteiger partial charge >= 0.3 is 0 Å². The number of fused-ring (bicyclic) bond motifs is 1. The Morgan fingerprint density at radius 3 is 1.89 bits per heavy atom. The van der Waals surface area contributed by atoms with E-state index in [2.05, 4.69) is 30.9 Å². The summed E-state index contributed by atoms with van der Waals surface area (Å²) < 4.78 is 0. The molecule has 3 nitrogen and oxygen atoms in total. The molecule has 0 N–H and O–H groups in total. The Kier molecular flexibility index (Phi) is 5.16. The molecule has 0 bridgehead atoms. The molecule has 0 aromatic heterocycles. The number of likely N-dealkylation sites (N-methyl/N-ethyl adjacent to an activating group) is 1. The number of hydrogen-bond acceptors (Lipinski definition) is 2. The average molecular weight is 370 g/mol. The van der Waals surface area contributed by atoms with Crippen molar-refractivity contribution in [3.8, 4) is 0 Å². The first-order valence-electron chi connectivity index (χ1n) is 9.97. The summed E-state index contributed by atoms with van der Waals surface area (Å²) in [6.07, 6.45) is 0. The van der Waals surface area contributed by atoms with E-state index in [0.29, 0.717) is 6.54 Å². The highest BCUT2D eigenvalue weighted by molar-refractivity contribution is 6.03. The SMILES string of the molecule is CCN1c2ccccc2N(C(=O)C(c2ccccc2)c2ccccc2)CC1C. The summed E-state index contributed by atoms with van der Waals surface area (Å²) in [6.45, 7) is 5.99. The van der Waals surface area contributed by atoms with Crippen molar-refractivity contribution in [2.75, 3.05) is 22.9 Å². The molecule has 3 aromatic rings. The van der Waals surface area contributed by atoms with Crippen molar-refractivity contribution in [3.05, 3.63) is 96.1 Å². The molecule has 1 aliphatic rings. The second-order valence-corrected chi connectivity index (χ2v) is 7.33. The molecule has 0 fully saturated rings. The van der Waals surface area contributed by atoms with Crippen LogP contribution < -0.4 is 9.80 Å². The lowest BCUT2D eigenvalue weighted by atomic mass is 9.89. The van der Waals surface area contributed by atoms with Crippen molar-refractivity contribution in [2.24, 2.45) is 0 Å². The lowest BCUT2D eigenvalue weighted by molar-refractivity contribution is -0.119. The quantitative estimate of drug-likeness (QED) is 0.639. The van der Waals surface area contributed by atoms with Crippen LogP contribution in [-0.4, -0.2) is 25.0 Å². The van der Waals surface area contributed by atoms with Crippen molar-refractivity contribution in [1.29, 1.82) is 0 Å². The van der Waals surface area contributed by atoms with Gasteiger partial charge in [-0.1, -0.05) is 72.8 Å². The van der Waals surface area contributed by atoms with E-state index < -0.39 is 0 Å². The third kappa shape index (κ3) is 3.29. The van der Waals surface area contributed by atoms with Crippen molar-refractivity contribution < 1.29 is 4.79 Å². The molecule has 142 valence electrons. The molecule has 1 heterocycles. The van der Waals surface area contributed by atoms with Crippen molar-refractivity contribution in [3.63, 3.8) is 0 Å². The molecular weight excluding hydrogens is 344 g/mol. The van der Waals surface area contributed by atoms with Gasteiger partial charge in [0.25, 0.3) is 0 Å². The van der Waals surface area contributed by atoms with Gasteiger partial charge in [0, 0.05) is 19.1 Å². The molecule has 1 aliphatic heterocycles. The van der Waals surface area contributed by atoms with Gasteiger partial charge in [0.2, 0.25) is 5.91 Å². The maximum Gasteiger partial charge on any atom is 0.239 e. The number of carbonyl (C=O) groups is 1. The van der Waals surface area contributed by atoms with Crippen LogP contribution in [0.1, 0.15) is 30.9 Å². The average Bonchev–Trinajstić information content (AvgIpc) is 2.75. The summed E-state index contributed by atoms with van der Waals surface area (Å²) in [5, 5.41) is 0. The number of nitrogens with zero attached hydrogens (tertiary/aromatic N) is 2. The molecule has 1 amide bonds. The Hall–Kier alpha value is -3.07. The first-order chi connectivity index (χ1) is 13.7. The van der Waals surface area contributed by atoms with E-state index in [1.807, 2.05) is 77.7 Å². The maximum absolute atomic E-state index is 13.9. The number of amides is 1. The Morgan fingerprint density at radius 2 is 1.36 bits per heavy atom. The molecular formula is C25H26N2O. The van der Waals surface area contributed by atoms with Crippen LogP contribution in [-0.2, 0) is 4.79 Å². The van der Waals surface area contributed by atoms with Crippen LogP contribution in [0.4, 0.5) is 11.4 Å². The fraction of sp³-hybridized carbons (Fsp3) is 0.240. The van der Waals surface area contributed by atoms with Crippen LogP contribution in [0.15, 0.2) is 84.9 Å². The van der Waals surface area contributed by atoms with Crippen LogP contribution in [0.5, 0.6) is 0 Å². The molecule has 0 saturated heterocycles. The van der Waals surface area contributed by atoms with Gasteiger partial charge in [0.1, 0.15) is 0 Å². The first-order valence-corrected chi connectivity index (χ1v) is 9.97. The van der Waals surface area contributed by atoms with Gasteiger partial charge in [-0.15, -0.1) is 0 Å². The largest absolute Gasteiger partial charge is 0.366 e. The Bertz CT molecular complexity index is 900. The summed E-state index contributed by atoms with van der Waals surface area (Å²) in [7, 11) is 0. The van der Waals surface area contributed by atoms with Crippen molar-refractivity contribution >= 4 is 17.3 Å². The topological polar surface area (TPSA) is 23.6 Å². The maximum atomic E-state index is 13.9. The molecule has 0 spiro atoms. The molecule has 28 heavy (non-hydrogen) atoms. The number of anilines is 2. The second kappa shape index (κ2) is 7.89. The van der Waals surface area contributed by atoms with Gasteiger partial charge < -0.3 is 9.80 Å². The van der Waals surface area contributed by atoms with Gasteiger partial charge in [-0.05, 0) is 37.1 Å². The lowest BCUT2D eigenvalue weighted by Crippen LogP contribution is -2.50. The van der Waals surface area contributed by atoms with E-state index in [0.717, 1.165) is 29.0 Å². The van der Waals surface area contributed by atoms with Gasteiger partial charge in [-0.25, -0.2) is 0 Å². The van der Waals surface area contributed by atoms with E-state index in [-0.39, 0.29) is 17.9 Å². The second-order valence-electron chi connectivity index (χ2n) is 7.33. The van der Waals surface area contributed by atoms with Gasteiger partial charge in [0.15, 0.2) is 0 Å². The number of hydrogen-bond donors (Lipinski definition) is 0. The zero-order valence-electron chi connectivity index (χ0n) is 16.5. The fourth-order valence-electron chi connectivity index (χ4n) is 4.25. The summed E-state index contributed by atoms with van der Waals surface area (Å²) in [6, 6.07) is 28.7. The van der Waals surface area contributed by atoms with E-state index in [9.17, 15) is 4.79 Å². The number of rotatable bonds is 4. The minimum Gasteiger partial charge on any atom is -0.366 e. The fourth-order valence-corrected chi connectivity index (χ4v) is 4.25. The highest BCUT2D eigenvalue weighted by atomic mass is 16.2. The predicted molar refractivity (Wildman–Crippen MR) is 116 cm³/mol. The van der Waals surface area contributed by atoms with Gasteiger partial charge in [-0.2, -0.15) is 0 Å². The molecule has 0 aliphatic carbocycles. The van der Waals surface area contributed by atoms with E-state index in [4.69, 9.17) is 0 Å². The smallest absolute Gasteiger partial charge is 0.239 e. The van der Waals surface area contributed by atoms with Crippen LogP contribution >= 0.6 is 0 Å². The van der Waals surface area contributed by atoms with Crippen molar-refractivity contribution in [2.45, 2.75) is 25.8 Å². The summed E-state index contributed by atoms with van der Waals surface area (Å²) >= 11 is 0. The molecule has 1 unspecified atom stereocenters. The van der Waals surface area contributed by atoms with Crippen LogP contribution in [0.3, 0.4) is 0 Å². The zero-order chi connectivity index (χ0) is 19.5. The lowest BCUT2D eigenvalue weighted by Gasteiger charge is -2.43. The van der Waals surface area contributed by atoms with E-state index in [1.165, 1.54) is 0 Å². The van der Waals surface area contributed by atoms with Crippen LogP contribution in [0.2, 0.25) is 0 Å². The summed E-state index contributed by atoms with van der Waals surface area (Å²) in [5.41, 5.74) is 4.20. The minimum absolute atomic E-state index is 0.132. The molecule has 3 aromatic carbocycles. The number of carbonyl (C=O) groups excluding carboxylic acids is 1. The standard InChI is InChI=1S/C25H26N2O/c1-3-26-19(2)18-27(23-17-11-10-16-22(23)26)25(28)24(20-12-6-4-7-13-20)21-14-8-5-9-15-21/h4-17,19,24H,3,18H2,1-2H3. The monoisotopic (exact) mass is 370 g/mol. The molecule has 1 atom stereocenters. The normalized spacial score (nSPS) is 16.2. The van der Waals surface area contributed by atoms with E-state index in [1.54, 1.807) is 0 Å². The van der Waals surface area contributed by atoms with Gasteiger partial charge in [0.05, 0.1) is 17.3 Å². The molecule has 3 heteroatoms. The number of benzene rings is 3. The number of para-hydroxylation sites is 2. The third-order valence-electron chi connectivity index (χ3n) is 5.58. The third-order valence-corrected chi connectivity index (χ3v) is 5.58.